The van der Waals surface area contributed by atoms with E-state index in [1.165, 1.54) is 0 Å². The van der Waals surface area contributed by atoms with Gasteiger partial charge in [-0.15, -0.1) is 0 Å². The second-order valence-corrected chi connectivity index (χ2v) is 5.45. The Bertz CT molecular complexity index is 696. The van der Waals surface area contributed by atoms with E-state index in [2.05, 4.69) is 0 Å². The Morgan fingerprint density at radius 3 is 2.59 bits per heavy atom. The minimum Gasteiger partial charge on any atom is -0.497 e. The average Bonchev–Trinajstić information content (AvgIpc) is 3.14. The molecule has 0 radical (unpaired) electrons. The molecule has 2 aliphatic heterocycles. The minimum atomic E-state index is -0.725. The van der Waals surface area contributed by atoms with E-state index in [9.17, 15) is 0 Å². The molecule has 1 fully saturated rings. The summed E-state index contributed by atoms with van der Waals surface area (Å²) in [5.74, 6) is 1.47. The molecule has 1 saturated heterocycles. The van der Waals surface area contributed by atoms with E-state index in [-0.39, 0.29) is 6.10 Å². The summed E-state index contributed by atoms with van der Waals surface area (Å²) in [5, 5.41) is 0. The number of benzene rings is 2. The molecule has 4 heteroatoms. The minimum absolute atomic E-state index is 0.0731. The van der Waals surface area contributed by atoms with Crippen LogP contribution in [-0.2, 0) is 15.2 Å². The Balaban J connectivity index is 1.75. The average molecular weight is 295 g/mol. The molecule has 0 amide bonds. The van der Waals surface area contributed by atoms with Crippen molar-refractivity contribution in [2.45, 2.75) is 18.2 Å². The predicted octanol–water partition coefficient (Wildman–Crippen LogP) is 3.11. The molecule has 0 aliphatic carbocycles. The molecule has 22 heavy (non-hydrogen) atoms. The molecule has 2 aromatic carbocycles. The Morgan fingerprint density at radius 1 is 1.09 bits per heavy atom. The van der Waals surface area contributed by atoms with Crippen LogP contribution in [0.1, 0.15) is 17.5 Å². The van der Waals surface area contributed by atoms with Crippen molar-refractivity contribution in [2.24, 2.45) is 4.99 Å². The van der Waals surface area contributed by atoms with Gasteiger partial charge >= 0.3 is 0 Å². The van der Waals surface area contributed by atoms with Gasteiger partial charge < -0.3 is 14.2 Å². The van der Waals surface area contributed by atoms with Crippen molar-refractivity contribution in [3.05, 3.63) is 65.7 Å². The van der Waals surface area contributed by atoms with Gasteiger partial charge in [0.2, 0.25) is 11.6 Å². The molecule has 2 aliphatic rings. The highest BCUT2D eigenvalue weighted by Gasteiger charge is 2.52. The van der Waals surface area contributed by atoms with Gasteiger partial charge in [-0.1, -0.05) is 30.3 Å². The quantitative estimate of drug-likeness (QED) is 0.873. The molecule has 2 aromatic rings. The summed E-state index contributed by atoms with van der Waals surface area (Å²) in [6.07, 6.45) is 0.766. The third-order valence-corrected chi connectivity index (χ3v) is 4.18. The number of rotatable bonds is 3. The lowest BCUT2D eigenvalue weighted by atomic mass is 9.98. The summed E-state index contributed by atoms with van der Waals surface area (Å²) in [6, 6.07) is 17.8. The highest BCUT2D eigenvalue weighted by atomic mass is 16.6. The molecule has 2 atom stereocenters. The molecule has 112 valence electrons. The van der Waals surface area contributed by atoms with E-state index in [4.69, 9.17) is 19.2 Å². The molecule has 0 saturated carbocycles. The van der Waals surface area contributed by atoms with Crippen LogP contribution in [0.15, 0.2) is 59.6 Å². The van der Waals surface area contributed by atoms with Gasteiger partial charge in [0, 0.05) is 17.5 Å². The summed E-state index contributed by atoms with van der Waals surface area (Å²) in [7, 11) is 1.66. The fraction of sp³-hybridized carbons (Fsp3) is 0.278. The van der Waals surface area contributed by atoms with Gasteiger partial charge in [0.15, 0.2) is 6.10 Å². The number of aliphatic imine (C=N–C) groups is 1. The first kappa shape index (κ1) is 13.3. The van der Waals surface area contributed by atoms with Gasteiger partial charge in [-0.3, -0.25) is 0 Å². The Kier molecular flexibility index (Phi) is 3.12. The van der Waals surface area contributed by atoms with E-state index < -0.39 is 5.72 Å². The largest absolute Gasteiger partial charge is 0.497 e. The first-order valence-electron chi connectivity index (χ1n) is 7.42. The molecular formula is C18H17NO3. The van der Waals surface area contributed by atoms with Gasteiger partial charge in [0.05, 0.1) is 13.7 Å². The number of ether oxygens (including phenoxy) is 3. The maximum absolute atomic E-state index is 6.08. The highest BCUT2D eigenvalue weighted by molar-refractivity contribution is 5.95. The highest BCUT2D eigenvalue weighted by Crippen LogP contribution is 2.44. The second kappa shape index (κ2) is 5.14. The van der Waals surface area contributed by atoms with Crippen LogP contribution in [0.2, 0.25) is 0 Å². The molecule has 0 N–H and O–H groups in total. The van der Waals surface area contributed by atoms with Crippen molar-refractivity contribution in [1.29, 1.82) is 0 Å². The Morgan fingerprint density at radius 2 is 1.86 bits per heavy atom. The van der Waals surface area contributed by atoms with Crippen LogP contribution in [0.25, 0.3) is 0 Å². The summed E-state index contributed by atoms with van der Waals surface area (Å²) in [5.41, 5.74) is 1.26. The Hall–Kier alpha value is -2.33. The Labute approximate surface area is 129 Å². The van der Waals surface area contributed by atoms with Crippen molar-refractivity contribution in [2.75, 3.05) is 13.7 Å². The smallest absolute Gasteiger partial charge is 0.226 e. The van der Waals surface area contributed by atoms with Crippen molar-refractivity contribution in [1.82, 2.24) is 0 Å². The van der Waals surface area contributed by atoms with Crippen LogP contribution in [-0.4, -0.2) is 25.7 Å². The molecule has 4 nitrogen and oxygen atoms in total. The van der Waals surface area contributed by atoms with Gasteiger partial charge in [0.25, 0.3) is 0 Å². The number of nitrogens with zero attached hydrogens (tertiary/aromatic N) is 1. The zero-order valence-corrected chi connectivity index (χ0v) is 12.4. The van der Waals surface area contributed by atoms with Crippen LogP contribution >= 0.6 is 0 Å². The van der Waals surface area contributed by atoms with E-state index >= 15 is 0 Å². The first-order chi connectivity index (χ1) is 10.8. The van der Waals surface area contributed by atoms with Crippen LogP contribution in [0, 0.1) is 0 Å². The van der Waals surface area contributed by atoms with Crippen molar-refractivity contribution in [3.63, 3.8) is 0 Å². The number of hydrogen-bond donors (Lipinski definition) is 0. The summed E-state index contributed by atoms with van der Waals surface area (Å²) in [6.45, 7) is 0.655. The van der Waals surface area contributed by atoms with Crippen LogP contribution in [0.3, 0.4) is 0 Å². The molecule has 2 heterocycles. The van der Waals surface area contributed by atoms with Crippen LogP contribution in [0.5, 0.6) is 5.75 Å². The lowest BCUT2D eigenvalue weighted by Crippen LogP contribution is -2.31. The molecular weight excluding hydrogens is 278 g/mol. The molecule has 0 aromatic heterocycles. The van der Waals surface area contributed by atoms with Crippen molar-refractivity contribution < 1.29 is 14.2 Å². The van der Waals surface area contributed by atoms with Gasteiger partial charge in [0.1, 0.15) is 5.75 Å². The number of hydrogen-bond acceptors (Lipinski definition) is 4. The van der Waals surface area contributed by atoms with Gasteiger partial charge in [-0.05, 0) is 24.3 Å². The SMILES string of the molecule is COc1ccc([C@@]23N=C(c4ccccc4)O[C@@H]2CCO3)cc1. The monoisotopic (exact) mass is 295 g/mol. The standard InChI is InChI=1S/C18H17NO3/c1-20-15-9-7-14(8-10-15)18-16(11-12-21-18)22-17(19-18)13-5-3-2-4-6-13/h2-10,16H,11-12H2,1H3/t16-,18+/m1/s1. The van der Waals surface area contributed by atoms with E-state index in [0.717, 1.165) is 23.3 Å². The summed E-state index contributed by atoms with van der Waals surface area (Å²) in [4.78, 5) is 4.81. The van der Waals surface area contributed by atoms with Crippen molar-refractivity contribution >= 4 is 5.90 Å². The first-order valence-corrected chi connectivity index (χ1v) is 7.42. The summed E-state index contributed by atoms with van der Waals surface area (Å²) >= 11 is 0. The van der Waals surface area contributed by atoms with E-state index in [0.29, 0.717) is 12.5 Å². The lowest BCUT2D eigenvalue weighted by molar-refractivity contribution is -0.0289. The van der Waals surface area contributed by atoms with Gasteiger partial charge in [-0.2, -0.15) is 0 Å². The topological polar surface area (TPSA) is 40.0 Å². The third-order valence-electron chi connectivity index (χ3n) is 4.18. The molecule has 0 unspecified atom stereocenters. The van der Waals surface area contributed by atoms with E-state index in [1.807, 2.05) is 54.6 Å². The fourth-order valence-electron chi connectivity index (χ4n) is 3.04. The third kappa shape index (κ3) is 1.99. The zero-order valence-electron chi connectivity index (χ0n) is 12.4. The predicted molar refractivity (Wildman–Crippen MR) is 83.1 cm³/mol. The lowest BCUT2D eigenvalue weighted by Gasteiger charge is -2.24. The second-order valence-electron chi connectivity index (χ2n) is 5.45. The number of fused-ring (bicyclic) bond motifs is 1. The number of methoxy groups -OCH3 is 1. The maximum Gasteiger partial charge on any atom is 0.226 e. The van der Waals surface area contributed by atoms with E-state index in [1.54, 1.807) is 7.11 Å². The van der Waals surface area contributed by atoms with Gasteiger partial charge in [-0.25, -0.2) is 4.99 Å². The molecule has 0 bridgehead atoms. The summed E-state index contributed by atoms with van der Waals surface area (Å²) < 4.78 is 17.3. The molecule has 0 spiro atoms. The molecule has 4 rings (SSSR count). The van der Waals surface area contributed by atoms with Crippen molar-refractivity contribution in [3.8, 4) is 5.75 Å². The van der Waals surface area contributed by atoms with Crippen LogP contribution in [0.4, 0.5) is 0 Å². The normalized spacial score (nSPS) is 26.2. The van der Waals surface area contributed by atoms with Crippen LogP contribution < -0.4 is 4.74 Å². The maximum atomic E-state index is 6.08. The zero-order chi connectivity index (χ0) is 15.0. The fourth-order valence-corrected chi connectivity index (χ4v) is 3.04.